The highest BCUT2D eigenvalue weighted by Crippen LogP contribution is 2.26. The van der Waals surface area contributed by atoms with E-state index in [2.05, 4.69) is 16.0 Å². The summed E-state index contributed by atoms with van der Waals surface area (Å²) in [6, 6.07) is 18.4. The molecule has 5 nitrogen and oxygen atoms in total. The zero-order valence-corrected chi connectivity index (χ0v) is 13.4. The van der Waals surface area contributed by atoms with Crippen molar-refractivity contribution in [3.05, 3.63) is 83.1 Å². The number of hydrogen-bond donors (Lipinski definition) is 3. The number of nitrogens with one attached hydrogen (secondary N) is 3. The number of rotatable bonds is 4. The van der Waals surface area contributed by atoms with Crippen LogP contribution in [0, 0.1) is 0 Å². The largest absolute Gasteiger partial charge is 0.348 e. The summed E-state index contributed by atoms with van der Waals surface area (Å²) in [6.45, 7) is 2.18. The van der Waals surface area contributed by atoms with E-state index in [0.717, 1.165) is 11.1 Å². The number of benzene rings is 2. The van der Waals surface area contributed by atoms with Crippen LogP contribution in [0.2, 0.25) is 0 Å². The molecule has 0 spiro atoms. The van der Waals surface area contributed by atoms with E-state index < -0.39 is 6.04 Å². The van der Waals surface area contributed by atoms with E-state index in [1.165, 1.54) is 0 Å². The van der Waals surface area contributed by atoms with Crippen molar-refractivity contribution < 1.29 is 9.59 Å². The molecule has 1 heterocycles. The van der Waals surface area contributed by atoms with Crippen molar-refractivity contribution in [3.8, 4) is 0 Å². The third-order valence-electron chi connectivity index (χ3n) is 3.94. The van der Waals surface area contributed by atoms with Gasteiger partial charge in [-0.05, 0) is 18.1 Å². The van der Waals surface area contributed by atoms with Gasteiger partial charge in [0.05, 0.1) is 11.6 Å². The molecule has 1 aliphatic heterocycles. The van der Waals surface area contributed by atoms with Gasteiger partial charge in [-0.2, -0.15) is 0 Å². The summed E-state index contributed by atoms with van der Waals surface area (Å²) in [5.41, 5.74) is 2.99. The van der Waals surface area contributed by atoms with Gasteiger partial charge in [0.1, 0.15) is 0 Å². The first kappa shape index (κ1) is 15.8. The molecule has 0 radical (unpaired) electrons. The van der Waals surface area contributed by atoms with Gasteiger partial charge in [0.25, 0.3) is 5.91 Å². The van der Waals surface area contributed by atoms with Crippen LogP contribution >= 0.6 is 0 Å². The van der Waals surface area contributed by atoms with Crippen LogP contribution in [0.1, 0.15) is 24.1 Å². The summed E-state index contributed by atoms with van der Waals surface area (Å²) >= 11 is 0. The van der Waals surface area contributed by atoms with E-state index in [1.54, 1.807) is 6.92 Å². The predicted octanol–water partition coefficient (Wildman–Crippen LogP) is 2.63. The van der Waals surface area contributed by atoms with Gasteiger partial charge in [-0.25, -0.2) is 4.79 Å². The molecule has 24 heavy (non-hydrogen) atoms. The average Bonchev–Trinajstić information content (AvgIpc) is 2.60. The van der Waals surface area contributed by atoms with Crippen molar-refractivity contribution in [1.29, 1.82) is 0 Å². The van der Waals surface area contributed by atoms with Gasteiger partial charge < -0.3 is 16.0 Å². The van der Waals surface area contributed by atoms with Crippen LogP contribution in [-0.4, -0.2) is 11.9 Å². The Labute approximate surface area is 140 Å². The second-order valence-electron chi connectivity index (χ2n) is 5.65. The van der Waals surface area contributed by atoms with E-state index >= 15 is 0 Å². The van der Waals surface area contributed by atoms with E-state index in [0.29, 0.717) is 17.8 Å². The maximum absolute atomic E-state index is 12.7. The fourth-order valence-electron chi connectivity index (χ4n) is 2.76. The van der Waals surface area contributed by atoms with Crippen LogP contribution < -0.4 is 16.0 Å². The molecule has 1 aliphatic rings. The Bertz CT molecular complexity index is 770. The summed E-state index contributed by atoms with van der Waals surface area (Å²) in [5.74, 6) is -0.197. The van der Waals surface area contributed by atoms with E-state index in [9.17, 15) is 9.59 Å². The lowest BCUT2D eigenvalue weighted by Gasteiger charge is -2.28. The Kier molecular flexibility index (Phi) is 4.61. The Balaban J connectivity index is 1.83. The predicted molar refractivity (Wildman–Crippen MR) is 91.8 cm³/mol. The molecule has 5 heteroatoms. The Morgan fingerprint density at radius 1 is 1.04 bits per heavy atom. The highest BCUT2D eigenvalue weighted by atomic mass is 16.2. The summed E-state index contributed by atoms with van der Waals surface area (Å²) in [7, 11) is 0. The Morgan fingerprint density at radius 3 is 2.33 bits per heavy atom. The number of carbonyl (C=O) groups excluding carboxylic acids is 2. The van der Waals surface area contributed by atoms with Gasteiger partial charge in [0, 0.05) is 12.2 Å². The molecular weight excluding hydrogens is 302 g/mol. The molecule has 3 amide bonds. The van der Waals surface area contributed by atoms with Crippen LogP contribution in [-0.2, 0) is 11.3 Å². The molecule has 0 aromatic heterocycles. The van der Waals surface area contributed by atoms with Crippen molar-refractivity contribution >= 4 is 11.9 Å². The zero-order valence-electron chi connectivity index (χ0n) is 13.4. The van der Waals surface area contributed by atoms with Crippen LogP contribution in [0.4, 0.5) is 4.79 Å². The summed E-state index contributed by atoms with van der Waals surface area (Å²) in [6.07, 6.45) is 0. The highest BCUT2D eigenvalue weighted by molar-refractivity contribution is 5.98. The normalized spacial score (nSPS) is 17.0. The molecule has 0 saturated carbocycles. The smallest absolute Gasteiger partial charge is 0.319 e. The number of allylic oxidation sites excluding steroid dienone is 1. The maximum atomic E-state index is 12.7. The lowest BCUT2D eigenvalue weighted by molar-refractivity contribution is -0.118. The van der Waals surface area contributed by atoms with Gasteiger partial charge in [-0.3, -0.25) is 4.79 Å². The molecule has 3 N–H and O–H groups in total. The van der Waals surface area contributed by atoms with Crippen molar-refractivity contribution in [2.24, 2.45) is 0 Å². The minimum atomic E-state index is -0.462. The third-order valence-corrected chi connectivity index (χ3v) is 3.94. The van der Waals surface area contributed by atoms with Crippen molar-refractivity contribution in [2.75, 3.05) is 0 Å². The first-order valence-corrected chi connectivity index (χ1v) is 7.80. The molecule has 1 unspecified atom stereocenters. The molecule has 0 bridgehead atoms. The van der Waals surface area contributed by atoms with E-state index in [4.69, 9.17) is 0 Å². The van der Waals surface area contributed by atoms with E-state index in [1.807, 2.05) is 60.7 Å². The number of urea groups is 1. The van der Waals surface area contributed by atoms with Gasteiger partial charge in [0.2, 0.25) is 0 Å². The molecular formula is C19H19N3O2. The molecule has 2 aromatic carbocycles. The molecule has 2 aromatic rings. The fourth-order valence-corrected chi connectivity index (χ4v) is 2.76. The average molecular weight is 321 g/mol. The first-order valence-electron chi connectivity index (χ1n) is 7.80. The number of carbonyl (C=O) groups is 2. The second kappa shape index (κ2) is 7.00. The monoisotopic (exact) mass is 321 g/mol. The number of amides is 3. The molecule has 0 saturated heterocycles. The second-order valence-corrected chi connectivity index (χ2v) is 5.65. The Morgan fingerprint density at radius 2 is 1.67 bits per heavy atom. The van der Waals surface area contributed by atoms with Crippen LogP contribution in [0.15, 0.2) is 71.9 Å². The maximum Gasteiger partial charge on any atom is 0.319 e. The molecule has 1 atom stereocenters. The highest BCUT2D eigenvalue weighted by Gasteiger charge is 2.30. The standard InChI is InChI=1S/C19H19N3O2/c1-13-16(18(23)20-12-14-8-4-2-5-9-14)17(22-19(24)21-13)15-10-6-3-7-11-15/h2-11,17H,12H2,1H3,(H,20,23)(H2,21,22,24). The van der Waals surface area contributed by atoms with E-state index in [-0.39, 0.29) is 11.9 Å². The van der Waals surface area contributed by atoms with Crippen LogP contribution in [0.3, 0.4) is 0 Å². The fraction of sp³-hybridized carbons (Fsp3) is 0.158. The topological polar surface area (TPSA) is 70.2 Å². The first-order chi connectivity index (χ1) is 11.6. The lowest BCUT2D eigenvalue weighted by atomic mass is 9.95. The molecule has 3 rings (SSSR count). The third kappa shape index (κ3) is 3.46. The SMILES string of the molecule is CC1=C(C(=O)NCc2ccccc2)C(c2ccccc2)NC(=O)N1. The van der Waals surface area contributed by atoms with Crippen molar-refractivity contribution in [3.63, 3.8) is 0 Å². The van der Waals surface area contributed by atoms with Crippen LogP contribution in [0.25, 0.3) is 0 Å². The number of hydrogen-bond acceptors (Lipinski definition) is 2. The quantitative estimate of drug-likeness (QED) is 0.810. The van der Waals surface area contributed by atoms with Crippen molar-refractivity contribution in [1.82, 2.24) is 16.0 Å². The van der Waals surface area contributed by atoms with Gasteiger partial charge in [-0.15, -0.1) is 0 Å². The van der Waals surface area contributed by atoms with Crippen molar-refractivity contribution in [2.45, 2.75) is 19.5 Å². The van der Waals surface area contributed by atoms with Gasteiger partial charge in [-0.1, -0.05) is 60.7 Å². The van der Waals surface area contributed by atoms with Gasteiger partial charge in [0.15, 0.2) is 0 Å². The minimum Gasteiger partial charge on any atom is -0.348 e. The molecule has 0 fully saturated rings. The summed E-state index contributed by atoms with van der Waals surface area (Å²) in [4.78, 5) is 24.5. The zero-order chi connectivity index (χ0) is 16.9. The molecule has 122 valence electrons. The minimum absolute atomic E-state index is 0.197. The summed E-state index contributed by atoms with van der Waals surface area (Å²) in [5, 5.41) is 8.43. The van der Waals surface area contributed by atoms with Crippen LogP contribution in [0.5, 0.6) is 0 Å². The Hall–Kier alpha value is -3.08. The lowest BCUT2D eigenvalue weighted by Crippen LogP contribution is -2.46. The summed E-state index contributed by atoms with van der Waals surface area (Å²) < 4.78 is 0. The van der Waals surface area contributed by atoms with Gasteiger partial charge >= 0.3 is 6.03 Å². The molecule has 0 aliphatic carbocycles.